The molecule has 98 valence electrons. The molecule has 0 spiro atoms. The summed E-state index contributed by atoms with van der Waals surface area (Å²) in [6.07, 6.45) is 0. The molecule has 0 saturated heterocycles. The molecule has 0 atom stereocenters. The van der Waals surface area contributed by atoms with E-state index in [9.17, 15) is 0 Å². The largest absolute Gasteiger partial charge is 0.497 e. The monoisotopic (exact) mass is 272 g/mol. The highest BCUT2D eigenvalue weighted by Crippen LogP contribution is 2.31. The Morgan fingerprint density at radius 2 is 1.68 bits per heavy atom. The maximum atomic E-state index is 5.14. The van der Waals surface area contributed by atoms with Crippen molar-refractivity contribution in [3.63, 3.8) is 0 Å². The molecule has 0 aliphatic rings. The minimum Gasteiger partial charge on any atom is -0.497 e. The van der Waals surface area contributed by atoms with E-state index in [0.717, 1.165) is 32.8 Å². The predicted molar refractivity (Wildman–Crippen MR) is 79.4 cm³/mol. The minimum absolute atomic E-state index is 0.735. The Morgan fingerprint density at radius 3 is 2.21 bits per heavy atom. The number of benzene rings is 1. The lowest BCUT2D eigenvalue weighted by Crippen LogP contribution is -1.92. The second kappa shape index (κ2) is 5.89. The Labute approximate surface area is 117 Å². The lowest BCUT2D eigenvalue weighted by Gasteiger charge is -2.07. The number of rotatable bonds is 4. The van der Waals surface area contributed by atoms with Gasteiger partial charge in [-0.25, -0.2) is 9.97 Å². The zero-order valence-corrected chi connectivity index (χ0v) is 12.1. The first-order valence-corrected chi connectivity index (χ1v) is 6.73. The van der Waals surface area contributed by atoms with Crippen LogP contribution in [0.2, 0.25) is 0 Å². The summed E-state index contributed by atoms with van der Waals surface area (Å²) in [5.41, 5.74) is 2.99. The van der Waals surface area contributed by atoms with Crippen LogP contribution in [-0.4, -0.2) is 17.1 Å². The summed E-state index contributed by atoms with van der Waals surface area (Å²) >= 11 is 1.48. The fourth-order valence-electron chi connectivity index (χ4n) is 1.69. The molecule has 2 aromatic rings. The highest BCUT2D eigenvalue weighted by Gasteiger charge is 2.06. The quantitative estimate of drug-likeness (QED) is 0.625. The van der Waals surface area contributed by atoms with Crippen molar-refractivity contribution in [3.05, 3.63) is 53.9 Å². The van der Waals surface area contributed by atoms with Gasteiger partial charge in [-0.05, 0) is 49.4 Å². The third-order valence-electron chi connectivity index (χ3n) is 2.59. The third kappa shape index (κ3) is 3.58. The zero-order valence-electron chi connectivity index (χ0n) is 11.3. The molecule has 0 amide bonds. The van der Waals surface area contributed by atoms with Gasteiger partial charge >= 0.3 is 0 Å². The highest BCUT2D eigenvalue weighted by atomic mass is 32.2. The molecule has 0 saturated carbocycles. The van der Waals surface area contributed by atoms with E-state index in [2.05, 4.69) is 16.5 Å². The molecule has 0 bridgehead atoms. The number of hydrogen-bond acceptors (Lipinski definition) is 4. The molecule has 0 N–H and O–H groups in total. The van der Waals surface area contributed by atoms with E-state index in [1.54, 1.807) is 7.11 Å². The van der Waals surface area contributed by atoms with E-state index in [1.165, 1.54) is 11.8 Å². The van der Waals surface area contributed by atoms with Crippen molar-refractivity contribution in [2.45, 2.75) is 19.0 Å². The van der Waals surface area contributed by atoms with Crippen molar-refractivity contribution in [3.8, 4) is 5.75 Å². The van der Waals surface area contributed by atoms with Gasteiger partial charge in [0.15, 0.2) is 5.16 Å². The SMILES string of the molecule is C=C(Sc1nc(C)cc(C)n1)c1ccc(OC)cc1. The highest BCUT2D eigenvalue weighted by molar-refractivity contribution is 8.08. The van der Waals surface area contributed by atoms with E-state index in [4.69, 9.17) is 4.74 Å². The van der Waals surface area contributed by atoms with Crippen molar-refractivity contribution in [1.29, 1.82) is 0 Å². The Morgan fingerprint density at radius 1 is 1.11 bits per heavy atom. The van der Waals surface area contributed by atoms with Crippen LogP contribution >= 0.6 is 11.8 Å². The molecule has 19 heavy (non-hydrogen) atoms. The van der Waals surface area contributed by atoms with E-state index < -0.39 is 0 Å². The normalized spacial score (nSPS) is 10.3. The van der Waals surface area contributed by atoms with Crippen LogP contribution in [0.25, 0.3) is 4.91 Å². The van der Waals surface area contributed by atoms with Crippen LogP contribution < -0.4 is 4.74 Å². The van der Waals surface area contributed by atoms with Crippen molar-refractivity contribution >= 4 is 16.7 Å². The topological polar surface area (TPSA) is 35.0 Å². The maximum absolute atomic E-state index is 5.14. The summed E-state index contributed by atoms with van der Waals surface area (Å²) in [7, 11) is 1.65. The van der Waals surface area contributed by atoms with Crippen molar-refractivity contribution in [1.82, 2.24) is 9.97 Å². The minimum atomic E-state index is 0.735. The number of aryl methyl sites for hydroxylation is 2. The van der Waals surface area contributed by atoms with Crippen LogP contribution in [0.4, 0.5) is 0 Å². The molecular weight excluding hydrogens is 256 g/mol. The van der Waals surface area contributed by atoms with Crippen molar-refractivity contribution in [2.24, 2.45) is 0 Å². The van der Waals surface area contributed by atoms with Gasteiger partial charge in [0.25, 0.3) is 0 Å². The lowest BCUT2D eigenvalue weighted by molar-refractivity contribution is 0.415. The Balaban J connectivity index is 2.15. The summed E-state index contributed by atoms with van der Waals surface area (Å²) in [6, 6.07) is 9.76. The van der Waals surface area contributed by atoms with Crippen molar-refractivity contribution in [2.75, 3.05) is 7.11 Å². The van der Waals surface area contributed by atoms with Gasteiger partial charge in [0.05, 0.1) is 7.11 Å². The molecule has 0 aliphatic carbocycles. The first-order valence-electron chi connectivity index (χ1n) is 5.92. The Hall–Kier alpha value is -1.81. The summed E-state index contributed by atoms with van der Waals surface area (Å²) < 4.78 is 5.14. The van der Waals surface area contributed by atoms with Gasteiger partial charge in [0.1, 0.15) is 5.75 Å². The fraction of sp³-hybridized carbons (Fsp3) is 0.200. The molecule has 1 aromatic carbocycles. The fourth-order valence-corrected chi connectivity index (χ4v) is 2.54. The number of methoxy groups -OCH3 is 1. The number of nitrogens with zero attached hydrogens (tertiary/aromatic N) is 2. The van der Waals surface area contributed by atoms with Gasteiger partial charge < -0.3 is 4.74 Å². The number of thioether (sulfide) groups is 1. The van der Waals surface area contributed by atoms with Gasteiger partial charge in [0, 0.05) is 16.3 Å². The molecule has 4 heteroatoms. The van der Waals surface area contributed by atoms with Crippen LogP contribution in [0.3, 0.4) is 0 Å². The van der Waals surface area contributed by atoms with Gasteiger partial charge in [0.2, 0.25) is 0 Å². The van der Waals surface area contributed by atoms with Gasteiger partial charge in [-0.1, -0.05) is 18.7 Å². The van der Waals surface area contributed by atoms with E-state index in [1.807, 2.05) is 44.2 Å². The molecule has 2 rings (SSSR count). The van der Waals surface area contributed by atoms with E-state index in [0.29, 0.717) is 0 Å². The molecule has 1 heterocycles. The van der Waals surface area contributed by atoms with Gasteiger partial charge in [-0.2, -0.15) is 0 Å². The van der Waals surface area contributed by atoms with Gasteiger partial charge in [-0.3, -0.25) is 0 Å². The predicted octanol–water partition coefficient (Wildman–Crippen LogP) is 3.87. The maximum Gasteiger partial charge on any atom is 0.192 e. The Bertz CT molecular complexity index is 573. The van der Waals surface area contributed by atoms with Crippen LogP contribution in [-0.2, 0) is 0 Å². The summed E-state index contributed by atoms with van der Waals surface area (Å²) in [4.78, 5) is 9.72. The molecule has 3 nitrogen and oxygen atoms in total. The zero-order chi connectivity index (χ0) is 13.8. The number of hydrogen-bond donors (Lipinski definition) is 0. The van der Waals surface area contributed by atoms with Gasteiger partial charge in [-0.15, -0.1) is 0 Å². The first kappa shape index (κ1) is 13.6. The van der Waals surface area contributed by atoms with Crippen LogP contribution in [0.15, 0.2) is 42.1 Å². The second-order valence-electron chi connectivity index (χ2n) is 4.19. The average molecular weight is 272 g/mol. The van der Waals surface area contributed by atoms with E-state index >= 15 is 0 Å². The second-order valence-corrected chi connectivity index (χ2v) is 5.25. The van der Waals surface area contributed by atoms with Crippen LogP contribution in [0.5, 0.6) is 5.75 Å². The summed E-state index contributed by atoms with van der Waals surface area (Å²) in [5.74, 6) is 0.837. The van der Waals surface area contributed by atoms with Crippen molar-refractivity contribution < 1.29 is 4.74 Å². The third-order valence-corrected chi connectivity index (χ3v) is 3.44. The molecular formula is C15H16N2OS. The lowest BCUT2D eigenvalue weighted by atomic mass is 10.2. The Kier molecular flexibility index (Phi) is 4.22. The molecule has 1 aromatic heterocycles. The molecule has 0 unspecified atom stereocenters. The molecule has 0 radical (unpaired) electrons. The molecule has 0 aliphatic heterocycles. The number of aromatic nitrogens is 2. The summed E-state index contributed by atoms with van der Waals surface area (Å²) in [5, 5.41) is 0.735. The number of ether oxygens (including phenoxy) is 1. The average Bonchev–Trinajstić information content (AvgIpc) is 2.37. The van der Waals surface area contributed by atoms with Crippen LogP contribution in [0, 0.1) is 13.8 Å². The smallest absolute Gasteiger partial charge is 0.192 e. The standard InChI is InChI=1S/C15H16N2OS/c1-10-9-11(2)17-15(16-10)19-12(3)13-5-7-14(18-4)8-6-13/h5-9H,3H2,1-2,4H3. The summed E-state index contributed by atoms with van der Waals surface area (Å²) in [6.45, 7) is 8.01. The molecule has 0 fully saturated rings. The van der Waals surface area contributed by atoms with E-state index in [-0.39, 0.29) is 0 Å². The van der Waals surface area contributed by atoms with Crippen LogP contribution in [0.1, 0.15) is 17.0 Å². The first-order chi connectivity index (χ1) is 9.08.